The molecule has 0 N–H and O–H groups in total. The van der Waals surface area contributed by atoms with Crippen molar-refractivity contribution in [1.82, 2.24) is 4.90 Å². The van der Waals surface area contributed by atoms with Gasteiger partial charge in [0.1, 0.15) is 0 Å². The van der Waals surface area contributed by atoms with Crippen LogP contribution in [0.25, 0.3) is 0 Å². The number of hydrogen-bond donors (Lipinski definition) is 0. The molecule has 0 radical (unpaired) electrons. The third kappa shape index (κ3) is 6.10. The zero-order valence-corrected chi connectivity index (χ0v) is 11.6. The molecule has 0 unspecified atom stereocenters. The molecule has 0 aliphatic heterocycles. The molecule has 2 heteroatoms. The van der Waals surface area contributed by atoms with Crippen LogP contribution in [0.5, 0.6) is 0 Å². The molecule has 0 saturated heterocycles. The van der Waals surface area contributed by atoms with E-state index in [-0.39, 0.29) is 0 Å². The van der Waals surface area contributed by atoms with Crippen LogP contribution in [-0.4, -0.2) is 30.4 Å². The molecule has 0 amide bonds. The Morgan fingerprint density at radius 2 is 1.56 bits per heavy atom. The zero-order chi connectivity index (χ0) is 11.6. The van der Waals surface area contributed by atoms with Crippen molar-refractivity contribution >= 4 is 11.6 Å². The highest BCUT2D eigenvalue weighted by Crippen LogP contribution is 2.21. The summed E-state index contributed by atoms with van der Waals surface area (Å²) in [5.74, 6) is 0.832. The van der Waals surface area contributed by atoms with Gasteiger partial charge in [0, 0.05) is 11.9 Å². The van der Waals surface area contributed by atoms with Gasteiger partial charge in [-0.05, 0) is 39.3 Å². The van der Waals surface area contributed by atoms with Gasteiger partial charge in [0.25, 0.3) is 0 Å². The molecule has 0 heterocycles. The first-order valence-electron chi connectivity index (χ1n) is 7.11. The average molecular weight is 246 g/mol. The second-order valence-corrected chi connectivity index (χ2v) is 5.61. The Balaban J connectivity index is 2.05. The molecule has 0 aromatic rings. The van der Waals surface area contributed by atoms with Gasteiger partial charge in [-0.1, -0.05) is 38.5 Å². The molecule has 0 aromatic carbocycles. The summed E-state index contributed by atoms with van der Waals surface area (Å²) >= 11 is 5.67. The summed E-state index contributed by atoms with van der Waals surface area (Å²) < 4.78 is 0. The fraction of sp³-hybridized carbons (Fsp3) is 1.00. The molecule has 16 heavy (non-hydrogen) atoms. The molecule has 1 aliphatic carbocycles. The van der Waals surface area contributed by atoms with Crippen LogP contribution >= 0.6 is 11.6 Å². The monoisotopic (exact) mass is 245 g/mol. The predicted molar refractivity (Wildman–Crippen MR) is 73.3 cm³/mol. The lowest BCUT2D eigenvalue weighted by atomic mass is 10.1. The average Bonchev–Trinajstić information content (AvgIpc) is 2.57. The quantitative estimate of drug-likeness (QED) is 0.364. The molecule has 1 rings (SSSR count). The third-order valence-corrected chi connectivity index (χ3v) is 4.11. The Hall–Kier alpha value is 0.250. The molecule has 0 bridgehead atoms. The minimum atomic E-state index is 0.832. The van der Waals surface area contributed by atoms with E-state index in [9.17, 15) is 0 Å². The zero-order valence-electron chi connectivity index (χ0n) is 10.9. The molecule has 1 saturated carbocycles. The summed E-state index contributed by atoms with van der Waals surface area (Å²) in [6.45, 7) is 1.28. The van der Waals surface area contributed by atoms with Crippen molar-refractivity contribution in [2.75, 3.05) is 19.5 Å². The van der Waals surface area contributed by atoms with Crippen molar-refractivity contribution in [2.45, 2.75) is 70.3 Å². The van der Waals surface area contributed by atoms with Crippen molar-refractivity contribution in [3.05, 3.63) is 0 Å². The maximum atomic E-state index is 5.67. The van der Waals surface area contributed by atoms with E-state index < -0.39 is 0 Å². The Labute approximate surface area is 107 Å². The van der Waals surface area contributed by atoms with Crippen LogP contribution in [0.15, 0.2) is 0 Å². The van der Waals surface area contributed by atoms with Crippen LogP contribution in [-0.2, 0) is 0 Å². The number of alkyl halides is 1. The van der Waals surface area contributed by atoms with Crippen molar-refractivity contribution in [3.8, 4) is 0 Å². The topological polar surface area (TPSA) is 3.24 Å². The first-order valence-corrected chi connectivity index (χ1v) is 7.64. The molecule has 96 valence electrons. The first-order chi connectivity index (χ1) is 7.84. The third-order valence-electron chi connectivity index (χ3n) is 3.84. The lowest BCUT2D eigenvalue weighted by Crippen LogP contribution is -2.32. The smallest absolute Gasteiger partial charge is 0.0223 e. The van der Waals surface area contributed by atoms with Gasteiger partial charge in [-0.2, -0.15) is 0 Å². The summed E-state index contributed by atoms with van der Waals surface area (Å²) in [7, 11) is 2.32. The van der Waals surface area contributed by atoms with Crippen molar-refractivity contribution < 1.29 is 0 Å². The highest BCUT2D eigenvalue weighted by Gasteiger charge is 2.15. The Bertz CT molecular complexity index is 153. The summed E-state index contributed by atoms with van der Waals surface area (Å²) in [4.78, 5) is 2.60. The number of halogens is 1. The van der Waals surface area contributed by atoms with Gasteiger partial charge >= 0.3 is 0 Å². The molecular weight excluding hydrogens is 218 g/mol. The summed E-state index contributed by atoms with van der Waals surface area (Å²) in [6.07, 6.45) is 13.9. The highest BCUT2D eigenvalue weighted by atomic mass is 35.5. The minimum Gasteiger partial charge on any atom is -0.303 e. The van der Waals surface area contributed by atoms with Crippen LogP contribution in [0, 0.1) is 0 Å². The number of unbranched alkanes of at least 4 members (excludes halogenated alkanes) is 3. The van der Waals surface area contributed by atoms with Crippen molar-refractivity contribution in [3.63, 3.8) is 0 Å². The molecule has 1 fully saturated rings. The predicted octanol–water partition coefficient (Wildman–Crippen LogP) is 4.44. The molecule has 0 aromatic heterocycles. The fourth-order valence-electron chi connectivity index (χ4n) is 2.69. The Morgan fingerprint density at radius 1 is 0.938 bits per heavy atom. The normalized spacial score (nSPS) is 18.9. The minimum absolute atomic E-state index is 0.832. The Kier molecular flexibility index (Phi) is 8.32. The van der Waals surface area contributed by atoms with Crippen LogP contribution in [0.2, 0.25) is 0 Å². The second-order valence-electron chi connectivity index (χ2n) is 5.23. The van der Waals surface area contributed by atoms with Crippen molar-refractivity contribution in [1.29, 1.82) is 0 Å². The SMILES string of the molecule is CN(CCCCCCCl)C1CCCCCC1. The van der Waals surface area contributed by atoms with Gasteiger partial charge < -0.3 is 4.90 Å². The van der Waals surface area contributed by atoms with E-state index in [0.29, 0.717) is 0 Å². The molecular formula is C14H28ClN. The van der Waals surface area contributed by atoms with Crippen LogP contribution < -0.4 is 0 Å². The maximum absolute atomic E-state index is 5.67. The van der Waals surface area contributed by atoms with Crippen LogP contribution in [0.3, 0.4) is 0 Å². The van der Waals surface area contributed by atoms with E-state index in [1.165, 1.54) is 70.8 Å². The molecule has 1 aliphatic rings. The molecule has 0 atom stereocenters. The van der Waals surface area contributed by atoms with Gasteiger partial charge in [-0.3, -0.25) is 0 Å². The van der Waals surface area contributed by atoms with Crippen molar-refractivity contribution in [2.24, 2.45) is 0 Å². The van der Waals surface area contributed by atoms with Gasteiger partial charge in [-0.25, -0.2) is 0 Å². The number of rotatable bonds is 7. The van der Waals surface area contributed by atoms with E-state index in [1.807, 2.05) is 0 Å². The standard InChI is InChI=1S/C14H28ClN/c1-16(13-9-5-4-8-12-15)14-10-6-2-3-7-11-14/h14H,2-13H2,1H3. The fourth-order valence-corrected chi connectivity index (χ4v) is 2.88. The van der Waals surface area contributed by atoms with Gasteiger partial charge in [-0.15, -0.1) is 11.6 Å². The largest absolute Gasteiger partial charge is 0.303 e. The Morgan fingerprint density at radius 3 is 2.19 bits per heavy atom. The van der Waals surface area contributed by atoms with E-state index in [4.69, 9.17) is 11.6 Å². The van der Waals surface area contributed by atoms with Gasteiger partial charge in [0.2, 0.25) is 0 Å². The number of nitrogens with zero attached hydrogens (tertiary/aromatic N) is 1. The van der Waals surface area contributed by atoms with E-state index in [0.717, 1.165) is 11.9 Å². The van der Waals surface area contributed by atoms with Gasteiger partial charge in [0.05, 0.1) is 0 Å². The number of hydrogen-bond acceptors (Lipinski definition) is 1. The van der Waals surface area contributed by atoms with E-state index in [1.54, 1.807) is 0 Å². The van der Waals surface area contributed by atoms with E-state index in [2.05, 4.69) is 11.9 Å². The van der Waals surface area contributed by atoms with Crippen LogP contribution in [0.4, 0.5) is 0 Å². The molecule has 0 spiro atoms. The summed E-state index contributed by atoms with van der Waals surface area (Å²) in [6, 6.07) is 0.871. The van der Waals surface area contributed by atoms with Crippen LogP contribution in [0.1, 0.15) is 64.2 Å². The highest BCUT2D eigenvalue weighted by molar-refractivity contribution is 6.17. The lowest BCUT2D eigenvalue weighted by Gasteiger charge is -2.26. The second kappa shape index (κ2) is 9.30. The lowest BCUT2D eigenvalue weighted by molar-refractivity contribution is 0.216. The molecule has 1 nitrogen and oxygen atoms in total. The summed E-state index contributed by atoms with van der Waals surface area (Å²) in [5.41, 5.74) is 0. The summed E-state index contributed by atoms with van der Waals surface area (Å²) in [5, 5.41) is 0. The van der Waals surface area contributed by atoms with Gasteiger partial charge in [0.15, 0.2) is 0 Å². The van der Waals surface area contributed by atoms with E-state index >= 15 is 0 Å². The first kappa shape index (κ1) is 14.3. The maximum Gasteiger partial charge on any atom is 0.0223 e.